The molecule has 0 saturated carbocycles. The van der Waals surface area contributed by atoms with Crippen molar-refractivity contribution in [2.75, 3.05) is 5.43 Å². The summed E-state index contributed by atoms with van der Waals surface area (Å²) in [5, 5.41) is 3.31. The van der Waals surface area contributed by atoms with E-state index in [1.165, 1.54) is 0 Å². The van der Waals surface area contributed by atoms with Crippen LogP contribution in [-0.2, 0) is 4.79 Å². The van der Waals surface area contributed by atoms with Gasteiger partial charge in [-0.2, -0.15) is 0 Å². The summed E-state index contributed by atoms with van der Waals surface area (Å²) < 4.78 is 0. The monoisotopic (exact) mass is 345 g/mol. The molecule has 6 heteroatoms. The summed E-state index contributed by atoms with van der Waals surface area (Å²) in [6.07, 6.45) is 0. The Labute approximate surface area is 146 Å². The zero-order chi connectivity index (χ0) is 17.5. The first kappa shape index (κ1) is 17.8. The van der Waals surface area contributed by atoms with Gasteiger partial charge in [0, 0.05) is 10.6 Å². The van der Waals surface area contributed by atoms with Crippen molar-refractivity contribution < 1.29 is 9.59 Å². The molecule has 0 saturated heterocycles. The number of hydrazine groups is 1. The van der Waals surface area contributed by atoms with Crippen molar-refractivity contribution in [1.82, 2.24) is 10.7 Å². The Morgan fingerprint density at radius 3 is 2.17 bits per heavy atom. The van der Waals surface area contributed by atoms with Crippen LogP contribution < -0.4 is 16.2 Å². The average Bonchev–Trinajstić information content (AvgIpc) is 2.58. The summed E-state index contributed by atoms with van der Waals surface area (Å²) >= 11 is 5.82. The highest BCUT2D eigenvalue weighted by Gasteiger charge is 2.24. The summed E-state index contributed by atoms with van der Waals surface area (Å²) in [5.41, 5.74) is 6.67. The smallest absolute Gasteiger partial charge is 0.261 e. The zero-order valence-electron chi connectivity index (χ0n) is 13.5. The third kappa shape index (κ3) is 4.99. The third-order valence-electron chi connectivity index (χ3n) is 3.45. The van der Waals surface area contributed by atoms with Crippen molar-refractivity contribution in [3.63, 3.8) is 0 Å². The van der Waals surface area contributed by atoms with Gasteiger partial charge in [0.25, 0.3) is 11.8 Å². The lowest BCUT2D eigenvalue weighted by Gasteiger charge is -2.22. The van der Waals surface area contributed by atoms with Crippen LogP contribution in [-0.4, -0.2) is 17.9 Å². The van der Waals surface area contributed by atoms with Crippen molar-refractivity contribution in [2.45, 2.75) is 19.9 Å². The molecule has 2 aromatic carbocycles. The van der Waals surface area contributed by atoms with Gasteiger partial charge in [0.2, 0.25) is 0 Å². The van der Waals surface area contributed by atoms with Gasteiger partial charge < -0.3 is 5.32 Å². The molecular weight excluding hydrogens is 326 g/mol. The van der Waals surface area contributed by atoms with Crippen molar-refractivity contribution in [1.29, 1.82) is 0 Å². The van der Waals surface area contributed by atoms with Crippen LogP contribution in [0.5, 0.6) is 0 Å². The van der Waals surface area contributed by atoms with Crippen molar-refractivity contribution in [2.24, 2.45) is 5.92 Å². The van der Waals surface area contributed by atoms with Crippen LogP contribution in [0.3, 0.4) is 0 Å². The van der Waals surface area contributed by atoms with Gasteiger partial charge in [-0.05, 0) is 42.3 Å². The summed E-state index contributed by atoms with van der Waals surface area (Å²) in [6.45, 7) is 3.74. The average molecular weight is 346 g/mol. The van der Waals surface area contributed by atoms with Crippen LogP contribution >= 0.6 is 11.6 Å². The van der Waals surface area contributed by atoms with E-state index in [0.717, 1.165) is 5.69 Å². The summed E-state index contributed by atoms with van der Waals surface area (Å²) in [7, 11) is 0. The molecular formula is C18H20ClN3O2. The van der Waals surface area contributed by atoms with Crippen LogP contribution in [0, 0.1) is 5.92 Å². The van der Waals surface area contributed by atoms with Crippen molar-refractivity contribution in [3.8, 4) is 0 Å². The maximum absolute atomic E-state index is 12.4. The number of hydrogen-bond donors (Lipinski definition) is 3. The van der Waals surface area contributed by atoms with Gasteiger partial charge in [0.15, 0.2) is 0 Å². The Morgan fingerprint density at radius 1 is 0.958 bits per heavy atom. The van der Waals surface area contributed by atoms with Crippen LogP contribution in [0.2, 0.25) is 5.02 Å². The maximum Gasteiger partial charge on any atom is 0.261 e. The molecule has 126 valence electrons. The summed E-state index contributed by atoms with van der Waals surface area (Å²) in [5.74, 6) is -0.699. The van der Waals surface area contributed by atoms with Gasteiger partial charge in [0.1, 0.15) is 6.04 Å². The minimum atomic E-state index is -0.663. The Kier molecular flexibility index (Phi) is 6.21. The highest BCUT2D eigenvalue weighted by atomic mass is 35.5. The topological polar surface area (TPSA) is 70.2 Å². The number of halogens is 1. The first-order chi connectivity index (χ1) is 11.5. The molecule has 0 spiro atoms. The molecule has 1 atom stereocenters. The first-order valence-corrected chi connectivity index (χ1v) is 8.02. The molecule has 0 aliphatic carbocycles. The Morgan fingerprint density at radius 2 is 1.58 bits per heavy atom. The number of carbonyl (C=O) groups excluding carboxylic acids is 2. The fraction of sp³-hybridized carbons (Fsp3) is 0.222. The summed E-state index contributed by atoms with van der Waals surface area (Å²) in [4.78, 5) is 24.7. The molecule has 0 fully saturated rings. The molecule has 2 rings (SSSR count). The van der Waals surface area contributed by atoms with Gasteiger partial charge in [-0.1, -0.05) is 43.6 Å². The van der Waals surface area contributed by atoms with Crippen LogP contribution in [0.4, 0.5) is 5.69 Å². The van der Waals surface area contributed by atoms with E-state index in [4.69, 9.17) is 11.6 Å². The lowest BCUT2D eigenvalue weighted by molar-refractivity contribution is -0.123. The molecule has 1 unspecified atom stereocenters. The molecule has 0 aliphatic rings. The van der Waals surface area contributed by atoms with Gasteiger partial charge in [0.05, 0.1) is 5.69 Å². The van der Waals surface area contributed by atoms with E-state index in [2.05, 4.69) is 16.2 Å². The molecule has 0 bridgehead atoms. The fourth-order valence-electron chi connectivity index (χ4n) is 2.09. The lowest BCUT2D eigenvalue weighted by Crippen LogP contribution is -2.51. The number of rotatable bonds is 6. The van der Waals surface area contributed by atoms with Crippen LogP contribution in [0.1, 0.15) is 24.2 Å². The highest BCUT2D eigenvalue weighted by Crippen LogP contribution is 2.11. The van der Waals surface area contributed by atoms with Gasteiger partial charge >= 0.3 is 0 Å². The Bertz CT molecular complexity index is 687. The Hall–Kier alpha value is -2.53. The minimum absolute atomic E-state index is 0.0705. The second-order valence-electron chi connectivity index (χ2n) is 5.68. The van der Waals surface area contributed by atoms with E-state index in [1.807, 2.05) is 44.2 Å². The molecule has 0 heterocycles. The van der Waals surface area contributed by atoms with Crippen molar-refractivity contribution in [3.05, 3.63) is 65.2 Å². The SMILES string of the molecule is CC(C)C(NC(=O)c1ccc(Cl)cc1)C(=O)NNc1ccccc1. The second-order valence-corrected chi connectivity index (χ2v) is 6.12. The normalized spacial score (nSPS) is 11.7. The summed E-state index contributed by atoms with van der Waals surface area (Å²) in [6, 6.07) is 15.1. The standard InChI is InChI=1S/C18H20ClN3O2/c1-12(2)16(18(24)22-21-15-6-4-3-5-7-15)20-17(23)13-8-10-14(19)11-9-13/h3-12,16,21H,1-2H3,(H,20,23)(H,22,24). The molecule has 0 radical (unpaired) electrons. The zero-order valence-corrected chi connectivity index (χ0v) is 14.3. The van der Waals surface area contributed by atoms with E-state index in [-0.39, 0.29) is 17.7 Å². The fourth-order valence-corrected chi connectivity index (χ4v) is 2.22. The molecule has 24 heavy (non-hydrogen) atoms. The molecule has 0 aliphatic heterocycles. The first-order valence-electron chi connectivity index (χ1n) is 7.64. The van der Waals surface area contributed by atoms with Gasteiger partial charge in [-0.3, -0.25) is 20.4 Å². The number of para-hydroxylation sites is 1. The number of benzene rings is 2. The largest absolute Gasteiger partial charge is 0.340 e. The third-order valence-corrected chi connectivity index (χ3v) is 3.70. The predicted molar refractivity (Wildman–Crippen MR) is 95.8 cm³/mol. The predicted octanol–water partition coefficient (Wildman–Crippen LogP) is 3.24. The van der Waals surface area contributed by atoms with Gasteiger partial charge in [-0.25, -0.2) is 0 Å². The molecule has 2 aromatic rings. The quantitative estimate of drug-likeness (QED) is 0.704. The number of nitrogens with one attached hydrogen (secondary N) is 3. The minimum Gasteiger partial charge on any atom is -0.340 e. The number of hydrogen-bond acceptors (Lipinski definition) is 3. The van der Waals surface area contributed by atoms with Gasteiger partial charge in [-0.15, -0.1) is 0 Å². The number of anilines is 1. The van der Waals surface area contributed by atoms with E-state index < -0.39 is 6.04 Å². The van der Waals surface area contributed by atoms with Crippen LogP contribution in [0.15, 0.2) is 54.6 Å². The highest BCUT2D eigenvalue weighted by molar-refractivity contribution is 6.30. The Balaban J connectivity index is 1.99. The number of carbonyl (C=O) groups is 2. The maximum atomic E-state index is 12.4. The lowest BCUT2D eigenvalue weighted by atomic mass is 10.0. The molecule has 3 N–H and O–H groups in total. The second kappa shape index (κ2) is 8.36. The van der Waals surface area contributed by atoms with E-state index in [1.54, 1.807) is 24.3 Å². The number of amides is 2. The molecule has 5 nitrogen and oxygen atoms in total. The molecule has 2 amide bonds. The molecule has 0 aromatic heterocycles. The van der Waals surface area contributed by atoms with Crippen molar-refractivity contribution >= 4 is 29.1 Å². The van der Waals surface area contributed by atoms with Crippen LogP contribution in [0.25, 0.3) is 0 Å². The van der Waals surface area contributed by atoms with E-state index in [0.29, 0.717) is 10.6 Å². The van der Waals surface area contributed by atoms with E-state index >= 15 is 0 Å². The van der Waals surface area contributed by atoms with E-state index in [9.17, 15) is 9.59 Å².